The molecule has 3 aromatic rings. The minimum Gasteiger partial charge on any atom is -0.449 e. The molecule has 0 aliphatic carbocycles. The van der Waals surface area contributed by atoms with Crippen LogP contribution in [0.3, 0.4) is 0 Å². The van der Waals surface area contributed by atoms with Crippen molar-refractivity contribution in [3.63, 3.8) is 0 Å². The summed E-state index contributed by atoms with van der Waals surface area (Å²) in [6.07, 6.45) is 0.756. The van der Waals surface area contributed by atoms with Crippen LogP contribution in [0.2, 0.25) is 0 Å². The number of carbonyl (C=O) groups is 2. The fraction of sp³-hybridized carbons (Fsp3) is 0.261. The third-order valence-corrected chi connectivity index (χ3v) is 4.60. The van der Waals surface area contributed by atoms with Gasteiger partial charge in [-0.1, -0.05) is 42.0 Å². The van der Waals surface area contributed by atoms with Gasteiger partial charge < -0.3 is 10.1 Å². The molecule has 6 heteroatoms. The van der Waals surface area contributed by atoms with E-state index in [1.165, 1.54) is 0 Å². The lowest BCUT2D eigenvalue weighted by atomic mass is 10.0. The van der Waals surface area contributed by atoms with E-state index in [0.29, 0.717) is 17.8 Å². The Morgan fingerprint density at radius 1 is 1.14 bits per heavy atom. The van der Waals surface area contributed by atoms with Gasteiger partial charge in [0.25, 0.3) is 5.91 Å². The molecule has 3 rings (SSSR count). The number of aromatic nitrogens is 2. The van der Waals surface area contributed by atoms with Crippen molar-refractivity contribution in [2.24, 2.45) is 0 Å². The van der Waals surface area contributed by atoms with Crippen molar-refractivity contribution < 1.29 is 14.3 Å². The van der Waals surface area contributed by atoms with Gasteiger partial charge in [-0.2, -0.15) is 5.10 Å². The van der Waals surface area contributed by atoms with E-state index in [-0.39, 0.29) is 5.91 Å². The van der Waals surface area contributed by atoms with Crippen molar-refractivity contribution in [3.8, 4) is 16.9 Å². The van der Waals surface area contributed by atoms with Crippen LogP contribution < -0.4 is 5.32 Å². The zero-order chi connectivity index (χ0) is 21.0. The van der Waals surface area contributed by atoms with Crippen molar-refractivity contribution in [3.05, 3.63) is 71.4 Å². The molecule has 0 saturated carbocycles. The lowest BCUT2D eigenvalue weighted by Gasteiger charge is -2.13. The SMILES string of the molecule is CCNC(=O)[C@H](C)OC(=O)c1cn(-c2ccccc2)nc1-c1ccc(C)cc1C. The molecule has 0 bridgehead atoms. The van der Waals surface area contributed by atoms with Crippen LogP contribution in [-0.2, 0) is 9.53 Å². The first-order valence-electron chi connectivity index (χ1n) is 9.62. The minimum atomic E-state index is -0.894. The zero-order valence-corrected chi connectivity index (χ0v) is 17.1. The van der Waals surface area contributed by atoms with Crippen molar-refractivity contribution in [1.82, 2.24) is 15.1 Å². The fourth-order valence-electron chi connectivity index (χ4n) is 3.11. The maximum Gasteiger partial charge on any atom is 0.342 e. The highest BCUT2D eigenvalue weighted by molar-refractivity contribution is 5.98. The number of benzene rings is 2. The fourth-order valence-corrected chi connectivity index (χ4v) is 3.11. The van der Waals surface area contributed by atoms with Gasteiger partial charge in [0.15, 0.2) is 6.10 Å². The first kappa shape index (κ1) is 20.3. The van der Waals surface area contributed by atoms with Crippen LogP contribution >= 0.6 is 0 Å². The van der Waals surface area contributed by atoms with Gasteiger partial charge in [0.05, 0.1) is 5.69 Å². The molecule has 150 valence electrons. The van der Waals surface area contributed by atoms with E-state index in [4.69, 9.17) is 4.74 Å². The van der Waals surface area contributed by atoms with Crippen LogP contribution in [0.4, 0.5) is 0 Å². The summed E-state index contributed by atoms with van der Waals surface area (Å²) in [7, 11) is 0. The molecular formula is C23H25N3O3. The minimum absolute atomic E-state index is 0.317. The van der Waals surface area contributed by atoms with Gasteiger partial charge in [0, 0.05) is 18.3 Å². The Morgan fingerprint density at radius 3 is 2.52 bits per heavy atom. The summed E-state index contributed by atoms with van der Waals surface area (Å²) in [6.45, 7) is 7.84. The molecule has 1 N–H and O–H groups in total. The number of hydrogen-bond acceptors (Lipinski definition) is 4. The summed E-state index contributed by atoms with van der Waals surface area (Å²) in [5, 5.41) is 7.32. The van der Waals surface area contributed by atoms with Gasteiger partial charge in [-0.05, 0) is 45.4 Å². The maximum absolute atomic E-state index is 12.9. The molecular weight excluding hydrogens is 366 g/mol. The third kappa shape index (κ3) is 4.54. The molecule has 2 aromatic carbocycles. The predicted molar refractivity (Wildman–Crippen MR) is 112 cm³/mol. The number of esters is 1. The molecule has 0 fully saturated rings. The molecule has 1 heterocycles. The van der Waals surface area contributed by atoms with E-state index in [9.17, 15) is 9.59 Å². The lowest BCUT2D eigenvalue weighted by molar-refractivity contribution is -0.128. The van der Waals surface area contributed by atoms with Gasteiger partial charge in [-0.15, -0.1) is 0 Å². The van der Waals surface area contributed by atoms with Gasteiger partial charge in [0.1, 0.15) is 11.3 Å². The van der Waals surface area contributed by atoms with Crippen LogP contribution in [-0.4, -0.2) is 34.3 Å². The van der Waals surface area contributed by atoms with E-state index in [0.717, 1.165) is 22.4 Å². The van der Waals surface area contributed by atoms with Crippen molar-refractivity contribution in [1.29, 1.82) is 0 Å². The first-order valence-corrected chi connectivity index (χ1v) is 9.62. The molecule has 0 unspecified atom stereocenters. The molecule has 6 nitrogen and oxygen atoms in total. The smallest absolute Gasteiger partial charge is 0.342 e. The number of nitrogens with zero attached hydrogens (tertiary/aromatic N) is 2. The van der Waals surface area contributed by atoms with Gasteiger partial charge in [-0.3, -0.25) is 4.79 Å². The van der Waals surface area contributed by atoms with E-state index >= 15 is 0 Å². The topological polar surface area (TPSA) is 73.2 Å². The second-order valence-electron chi connectivity index (χ2n) is 6.93. The number of amides is 1. The Bertz CT molecular complexity index is 1030. The largest absolute Gasteiger partial charge is 0.449 e. The number of rotatable bonds is 6. The second-order valence-corrected chi connectivity index (χ2v) is 6.93. The number of para-hydroxylation sites is 1. The molecule has 0 spiro atoms. The van der Waals surface area contributed by atoms with Crippen molar-refractivity contribution in [2.75, 3.05) is 6.54 Å². The molecule has 29 heavy (non-hydrogen) atoms. The molecule has 0 aliphatic heterocycles. The highest BCUT2D eigenvalue weighted by atomic mass is 16.5. The zero-order valence-electron chi connectivity index (χ0n) is 17.1. The van der Waals surface area contributed by atoms with Gasteiger partial charge >= 0.3 is 5.97 Å². The summed E-state index contributed by atoms with van der Waals surface area (Å²) in [6, 6.07) is 15.5. The maximum atomic E-state index is 12.9. The Labute approximate surface area is 170 Å². The summed E-state index contributed by atoms with van der Waals surface area (Å²) < 4.78 is 7.08. The highest BCUT2D eigenvalue weighted by Crippen LogP contribution is 2.28. The average molecular weight is 391 g/mol. The van der Waals surface area contributed by atoms with Crippen LogP contribution in [0.15, 0.2) is 54.7 Å². The third-order valence-electron chi connectivity index (χ3n) is 4.60. The number of ether oxygens (including phenoxy) is 1. The quantitative estimate of drug-likeness (QED) is 0.648. The summed E-state index contributed by atoms with van der Waals surface area (Å²) in [4.78, 5) is 24.9. The molecule has 1 atom stereocenters. The number of hydrogen-bond donors (Lipinski definition) is 1. The average Bonchev–Trinajstić information content (AvgIpc) is 3.14. The molecule has 0 saturated heterocycles. The van der Waals surface area contributed by atoms with E-state index in [2.05, 4.69) is 10.4 Å². The normalized spacial score (nSPS) is 11.7. The first-order chi connectivity index (χ1) is 13.9. The van der Waals surface area contributed by atoms with E-state index in [1.54, 1.807) is 17.8 Å². The van der Waals surface area contributed by atoms with Crippen molar-refractivity contribution >= 4 is 11.9 Å². The Hall–Kier alpha value is -3.41. The Morgan fingerprint density at radius 2 is 1.86 bits per heavy atom. The van der Waals surface area contributed by atoms with Crippen molar-refractivity contribution in [2.45, 2.75) is 33.8 Å². The lowest BCUT2D eigenvalue weighted by Crippen LogP contribution is -2.35. The van der Waals surface area contributed by atoms with Gasteiger partial charge in [0.2, 0.25) is 0 Å². The highest BCUT2D eigenvalue weighted by Gasteiger charge is 2.24. The summed E-state index contributed by atoms with van der Waals surface area (Å²) in [5.41, 5.74) is 4.66. The molecule has 0 radical (unpaired) electrons. The van der Waals surface area contributed by atoms with Crippen LogP contribution in [0.1, 0.15) is 35.3 Å². The summed E-state index contributed by atoms with van der Waals surface area (Å²) in [5.74, 6) is -0.912. The number of likely N-dealkylation sites (N-methyl/N-ethyl adjacent to an activating group) is 1. The second kappa shape index (κ2) is 8.73. The standard InChI is InChI=1S/C23H25N3O3/c1-5-24-22(27)17(4)29-23(28)20-14-26(18-9-7-6-8-10-18)25-21(20)19-12-11-15(2)13-16(19)3/h6-14,17H,5H2,1-4H3,(H,24,27)/t17-/m0/s1. The van der Waals surface area contributed by atoms with Crippen LogP contribution in [0.25, 0.3) is 16.9 Å². The summed E-state index contributed by atoms with van der Waals surface area (Å²) >= 11 is 0. The monoisotopic (exact) mass is 391 g/mol. The van der Waals surface area contributed by atoms with E-state index < -0.39 is 12.1 Å². The number of carbonyl (C=O) groups excluding carboxylic acids is 2. The molecule has 1 amide bonds. The van der Waals surface area contributed by atoms with Crippen LogP contribution in [0.5, 0.6) is 0 Å². The molecule has 0 aliphatic rings. The van der Waals surface area contributed by atoms with Crippen LogP contribution in [0, 0.1) is 13.8 Å². The number of aryl methyl sites for hydroxylation is 2. The number of nitrogens with one attached hydrogen (secondary N) is 1. The Balaban J connectivity index is 2.03. The van der Waals surface area contributed by atoms with E-state index in [1.807, 2.05) is 69.3 Å². The van der Waals surface area contributed by atoms with Gasteiger partial charge in [-0.25, -0.2) is 9.48 Å². The predicted octanol–water partition coefficient (Wildman–Crippen LogP) is 3.84. The molecule has 1 aromatic heterocycles. The Kier molecular flexibility index (Phi) is 6.12.